The molecule has 4 heteroatoms. The summed E-state index contributed by atoms with van der Waals surface area (Å²) in [6.45, 7) is 8.24. The molecule has 6 aliphatic rings. The van der Waals surface area contributed by atoms with Crippen LogP contribution >= 0.6 is 0 Å². The average molecular weight is 401 g/mol. The lowest BCUT2D eigenvalue weighted by Crippen LogP contribution is -2.61. The summed E-state index contributed by atoms with van der Waals surface area (Å²) in [5, 5.41) is 11.7. The monoisotopic (exact) mass is 400 g/mol. The molecular formula is C25H36O4. The van der Waals surface area contributed by atoms with Gasteiger partial charge in [-0.05, 0) is 79.6 Å². The topological polar surface area (TPSA) is 55.8 Å². The number of aliphatic hydroxyl groups excluding tert-OH is 1. The third-order valence-electron chi connectivity index (χ3n) is 11.1. The molecule has 4 unspecified atom stereocenters. The maximum atomic E-state index is 12.1. The van der Waals surface area contributed by atoms with Gasteiger partial charge in [-0.3, -0.25) is 4.79 Å². The summed E-state index contributed by atoms with van der Waals surface area (Å²) < 4.78 is 12.2. The fourth-order valence-corrected chi connectivity index (χ4v) is 9.72. The maximum absolute atomic E-state index is 12.1. The second kappa shape index (κ2) is 5.95. The largest absolute Gasteiger partial charge is 0.393 e. The van der Waals surface area contributed by atoms with Crippen molar-refractivity contribution in [3.8, 4) is 0 Å². The van der Waals surface area contributed by atoms with Crippen LogP contribution in [0.3, 0.4) is 0 Å². The Kier molecular flexibility index (Phi) is 3.90. The van der Waals surface area contributed by atoms with Gasteiger partial charge < -0.3 is 14.6 Å². The van der Waals surface area contributed by atoms with Crippen molar-refractivity contribution in [3.63, 3.8) is 0 Å². The predicted octanol–water partition coefficient (Wildman–Crippen LogP) is 3.91. The lowest BCUT2D eigenvalue weighted by atomic mass is 9.42. The molecule has 0 aromatic carbocycles. The third kappa shape index (κ3) is 2.14. The Morgan fingerprint density at radius 3 is 2.66 bits per heavy atom. The molecule has 0 radical (unpaired) electrons. The number of fused-ring (bicyclic) bond motifs is 7. The molecule has 4 aliphatic carbocycles. The summed E-state index contributed by atoms with van der Waals surface area (Å²) >= 11 is 0. The van der Waals surface area contributed by atoms with E-state index in [0.29, 0.717) is 24.2 Å². The highest BCUT2D eigenvalue weighted by atomic mass is 16.5. The summed E-state index contributed by atoms with van der Waals surface area (Å²) in [4.78, 5) is 12.1. The Hall–Kier alpha value is -0.710. The number of allylic oxidation sites excluding steroid dienone is 1. The third-order valence-corrected chi connectivity index (χ3v) is 11.1. The van der Waals surface area contributed by atoms with Crippen LogP contribution in [0.1, 0.15) is 65.2 Å². The number of rotatable bonds is 0. The molecule has 29 heavy (non-hydrogen) atoms. The normalized spacial score (nSPS) is 56.4. The first-order valence-electron chi connectivity index (χ1n) is 11.9. The standard InChI is InChI=1S/C25H36O4/c1-22-7-5-17(26)11-16(22)3-4-18-19-6-8-25(23(19,2)12-20(27)21(18)22)15-29-14-24(25)9-10-28-13-24/h11,18-21,27H,3-10,12-15H2,1-2H3/t18?,19?,20-,21?,22-,23-,24?,25+/m0/s1. The Morgan fingerprint density at radius 2 is 1.86 bits per heavy atom. The van der Waals surface area contributed by atoms with E-state index in [9.17, 15) is 9.90 Å². The summed E-state index contributed by atoms with van der Waals surface area (Å²) in [7, 11) is 0. The highest BCUT2D eigenvalue weighted by Gasteiger charge is 2.73. The zero-order chi connectivity index (χ0) is 20.1. The molecule has 4 nitrogen and oxygen atoms in total. The van der Waals surface area contributed by atoms with Gasteiger partial charge in [0, 0.05) is 23.9 Å². The second-order valence-electron chi connectivity index (χ2n) is 11.8. The van der Waals surface area contributed by atoms with Crippen LogP contribution < -0.4 is 0 Å². The Balaban J connectivity index is 1.41. The van der Waals surface area contributed by atoms with Crippen LogP contribution in [0, 0.1) is 39.4 Å². The summed E-state index contributed by atoms with van der Waals surface area (Å²) in [5.74, 6) is 1.82. The minimum atomic E-state index is -0.280. The summed E-state index contributed by atoms with van der Waals surface area (Å²) in [5.41, 5.74) is 1.78. The number of hydrogen-bond donors (Lipinski definition) is 1. The lowest BCUT2D eigenvalue weighted by Gasteiger charge is -2.62. The molecule has 6 rings (SSSR count). The van der Waals surface area contributed by atoms with E-state index in [1.165, 1.54) is 18.4 Å². The number of carbonyl (C=O) groups excluding carboxylic acids is 1. The first-order valence-corrected chi connectivity index (χ1v) is 11.9. The number of carbonyl (C=O) groups is 1. The van der Waals surface area contributed by atoms with Gasteiger partial charge in [0.15, 0.2) is 5.78 Å². The predicted molar refractivity (Wildman–Crippen MR) is 109 cm³/mol. The van der Waals surface area contributed by atoms with E-state index >= 15 is 0 Å². The van der Waals surface area contributed by atoms with E-state index in [-0.39, 0.29) is 33.5 Å². The van der Waals surface area contributed by atoms with E-state index in [0.717, 1.165) is 58.5 Å². The van der Waals surface area contributed by atoms with Crippen molar-refractivity contribution in [2.75, 3.05) is 26.4 Å². The molecule has 2 saturated heterocycles. The molecule has 0 bridgehead atoms. The average Bonchev–Trinajstić information content (AvgIpc) is 3.37. The molecule has 2 spiro atoms. The van der Waals surface area contributed by atoms with E-state index in [1.807, 2.05) is 6.08 Å². The maximum Gasteiger partial charge on any atom is 0.155 e. The van der Waals surface area contributed by atoms with Crippen LogP contribution in [0.5, 0.6) is 0 Å². The minimum absolute atomic E-state index is 0.00760. The zero-order valence-corrected chi connectivity index (χ0v) is 18.0. The van der Waals surface area contributed by atoms with Crippen molar-refractivity contribution in [3.05, 3.63) is 11.6 Å². The van der Waals surface area contributed by atoms with Gasteiger partial charge in [-0.1, -0.05) is 19.4 Å². The van der Waals surface area contributed by atoms with Gasteiger partial charge in [0.25, 0.3) is 0 Å². The molecule has 0 amide bonds. The van der Waals surface area contributed by atoms with Gasteiger partial charge in [0.1, 0.15) is 0 Å². The van der Waals surface area contributed by atoms with Crippen molar-refractivity contribution in [2.24, 2.45) is 39.4 Å². The molecule has 0 aromatic heterocycles. The lowest BCUT2D eigenvalue weighted by molar-refractivity contribution is -0.164. The minimum Gasteiger partial charge on any atom is -0.393 e. The molecule has 8 atom stereocenters. The number of aliphatic hydroxyl groups is 1. The fourth-order valence-electron chi connectivity index (χ4n) is 9.72. The van der Waals surface area contributed by atoms with Crippen LogP contribution in [0.25, 0.3) is 0 Å². The molecule has 2 heterocycles. The quantitative estimate of drug-likeness (QED) is 0.670. The molecular weight excluding hydrogens is 364 g/mol. The van der Waals surface area contributed by atoms with Gasteiger partial charge in [0.2, 0.25) is 0 Å². The SMILES string of the molecule is C[C@]12CCC(=O)C=C1CCC1C2[C@@H](O)C[C@@]2(C)C1CC[C@@]21COCC12CCOC2. The van der Waals surface area contributed by atoms with Crippen molar-refractivity contribution in [1.29, 1.82) is 0 Å². The van der Waals surface area contributed by atoms with Gasteiger partial charge in [0.05, 0.1) is 25.9 Å². The van der Waals surface area contributed by atoms with Crippen molar-refractivity contribution < 1.29 is 19.4 Å². The summed E-state index contributed by atoms with van der Waals surface area (Å²) in [6.07, 6.45) is 9.91. The van der Waals surface area contributed by atoms with Gasteiger partial charge in [-0.2, -0.15) is 0 Å². The van der Waals surface area contributed by atoms with Crippen LogP contribution in [-0.2, 0) is 14.3 Å². The Labute approximate surface area is 174 Å². The van der Waals surface area contributed by atoms with Crippen LogP contribution in [-0.4, -0.2) is 43.4 Å². The number of ether oxygens (including phenoxy) is 2. The van der Waals surface area contributed by atoms with Crippen molar-refractivity contribution in [1.82, 2.24) is 0 Å². The van der Waals surface area contributed by atoms with E-state index in [4.69, 9.17) is 9.47 Å². The fraction of sp³-hybridized carbons (Fsp3) is 0.880. The first kappa shape index (κ1) is 19.0. The highest BCUT2D eigenvalue weighted by Crippen LogP contribution is 2.75. The first-order chi connectivity index (χ1) is 13.9. The zero-order valence-electron chi connectivity index (χ0n) is 18.0. The molecule has 160 valence electrons. The molecule has 3 saturated carbocycles. The van der Waals surface area contributed by atoms with Gasteiger partial charge >= 0.3 is 0 Å². The molecule has 2 aliphatic heterocycles. The van der Waals surface area contributed by atoms with Crippen molar-refractivity contribution >= 4 is 5.78 Å². The van der Waals surface area contributed by atoms with Crippen LogP contribution in [0.15, 0.2) is 11.6 Å². The van der Waals surface area contributed by atoms with Crippen LogP contribution in [0.4, 0.5) is 0 Å². The molecule has 5 fully saturated rings. The molecule has 1 N–H and O–H groups in total. The van der Waals surface area contributed by atoms with Crippen LogP contribution in [0.2, 0.25) is 0 Å². The summed E-state index contributed by atoms with van der Waals surface area (Å²) in [6, 6.07) is 0. The van der Waals surface area contributed by atoms with Gasteiger partial charge in [-0.15, -0.1) is 0 Å². The second-order valence-corrected chi connectivity index (χ2v) is 11.8. The van der Waals surface area contributed by atoms with E-state index in [2.05, 4.69) is 13.8 Å². The van der Waals surface area contributed by atoms with E-state index < -0.39 is 0 Å². The van der Waals surface area contributed by atoms with Gasteiger partial charge in [-0.25, -0.2) is 0 Å². The number of ketones is 1. The smallest absolute Gasteiger partial charge is 0.155 e. The van der Waals surface area contributed by atoms with Crippen molar-refractivity contribution in [2.45, 2.75) is 71.3 Å². The Morgan fingerprint density at radius 1 is 1.03 bits per heavy atom. The highest BCUT2D eigenvalue weighted by molar-refractivity contribution is 5.91. The molecule has 0 aromatic rings. The Bertz CT molecular complexity index is 761. The number of hydrogen-bond acceptors (Lipinski definition) is 4. The van der Waals surface area contributed by atoms with E-state index in [1.54, 1.807) is 0 Å².